The number of rotatable bonds is 3. The Morgan fingerprint density at radius 1 is 1.10 bits per heavy atom. The molecule has 0 unspecified atom stereocenters. The van der Waals surface area contributed by atoms with Gasteiger partial charge in [-0.05, 0) is 35.9 Å². The minimum absolute atomic E-state index is 0.261. The summed E-state index contributed by atoms with van der Waals surface area (Å²) in [5, 5.41) is 4.10. The number of hydrazone groups is 1. The van der Waals surface area contributed by atoms with Gasteiger partial charge in [0.15, 0.2) is 17.1 Å². The van der Waals surface area contributed by atoms with Crippen molar-refractivity contribution in [2.45, 2.75) is 0 Å². The first-order valence-electron chi connectivity index (χ1n) is 6.43. The molecule has 1 aliphatic rings. The molecule has 3 aromatic rings. The Morgan fingerprint density at radius 3 is 2.95 bits per heavy atom. The summed E-state index contributed by atoms with van der Waals surface area (Å²) in [6, 6.07) is 13.5. The second kappa shape index (κ2) is 4.82. The van der Waals surface area contributed by atoms with Crippen LogP contribution in [-0.2, 0) is 0 Å². The van der Waals surface area contributed by atoms with Crippen LogP contribution < -0.4 is 14.9 Å². The van der Waals surface area contributed by atoms with E-state index in [-0.39, 0.29) is 6.79 Å². The Hall–Kier alpha value is -3.02. The summed E-state index contributed by atoms with van der Waals surface area (Å²) >= 11 is 0. The molecular formula is C15H11N3O3. The van der Waals surface area contributed by atoms with Crippen LogP contribution in [0.3, 0.4) is 0 Å². The lowest BCUT2D eigenvalue weighted by Gasteiger charge is -1.97. The first-order valence-corrected chi connectivity index (χ1v) is 6.43. The summed E-state index contributed by atoms with van der Waals surface area (Å²) in [7, 11) is 0. The number of nitrogens with zero attached hydrogens (tertiary/aromatic N) is 2. The van der Waals surface area contributed by atoms with Gasteiger partial charge in [0.05, 0.1) is 6.21 Å². The van der Waals surface area contributed by atoms with E-state index in [1.54, 1.807) is 6.21 Å². The van der Waals surface area contributed by atoms with E-state index in [1.807, 2.05) is 42.5 Å². The minimum atomic E-state index is 0.261. The maximum atomic E-state index is 5.50. The normalized spacial score (nSPS) is 13.1. The van der Waals surface area contributed by atoms with Crippen molar-refractivity contribution in [2.24, 2.45) is 5.10 Å². The van der Waals surface area contributed by atoms with Gasteiger partial charge in [-0.2, -0.15) is 10.1 Å². The number of para-hydroxylation sites is 2. The fourth-order valence-corrected chi connectivity index (χ4v) is 2.08. The van der Waals surface area contributed by atoms with E-state index in [2.05, 4.69) is 15.5 Å². The molecule has 21 heavy (non-hydrogen) atoms. The summed E-state index contributed by atoms with van der Waals surface area (Å²) < 4.78 is 16.1. The second-order valence-electron chi connectivity index (χ2n) is 4.47. The van der Waals surface area contributed by atoms with Crippen molar-refractivity contribution in [3.05, 3.63) is 48.0 Å². The maximum absolute atomic E-state index is 5.50. The Morgan fingerprint density at radius 2 is 2.00 bits per heavy atom. The molecule has 0 spiro atoms. The van der Waals surface area contributed by atoms with E-state index in [0.29, 0.717) is 6.01 Å². The average molecular weight is 281 g/mol. The van der Waals surface area contributed by atoms with Crippen LogP contribution in [0.2, 0.25) is 0 Å². The van der Waals surface area contributed by atoms with E-state index in [0.717, 1.165) is 28.2 Å². The quantitative estimate of drug-likeness (QED) is 0.590. The smallest absolute Gasteiger partial charge is 0.316 e. The molecule has 0 saturated carbocycles. The Balaban J connectivity index is 1.50. The molecule has 4 rings (SSSR count). The SMILES string of the molecule is C(=N/Nc1nc2ccccc2o1)/c1ccc2c(c1)OCO2. The molecule has 0 aliphatic carbocycles. The Bertz CT molecular complexity index is 793. The van der Waals surface area contributed by atoms with Crippen molar-refractivity contribution >= 4 is 23.3 Å². The lowest BCUT2D eigenvalue weighted by Crippen LogP contribution is -1.93. The van der Waals surface area contributed by atoms with Crippen LogP contribution in [0.5, 0.6) is 11.5 Å². The number of hydrogen-bond acceptors (Lipinski definition) is 6. The number of aromatic nitrogens is 1. The van der Waals surface area contributed by atoms with Gasteiger partial charge in [-0.3, -0.25) is 0 Å². The summed E-state index contributed by atoms with van der Waals surface area (Å²) in [6.07, 6.45) is 1.66. The first kappa shape index (κ1) is 11.8. The molecule has 0 fully saturated rings. The first-order chi connectivity index (χ1) is 10.4. The average Bonchev–Trinajstić information content (AvgIpc) is 3.12. The minimum Gasteiger partial charge on any atom is -0.454 e. The second-order valence-corrected chi connectivity index (χ2v) is 4.47. The summed E-state index contributed by atoms with van der Waals surface area (Å²) in [6.45, 7) is 0.261. The highest BCUT2D eigenvalue weighted by Crippen LogP contribution is 2.32. The number of oxazole rings is 1. The van der Waals surface area contributed by atoms with Crippen molar-refractivity contribution in [1.29, 1.82) is 0 Å². The van der Waals surface area contributed by atoms with Crippen molar-refractivity contribution in [2.75, 3.05) is 12.2 Å². The van der Waals surface area contributed by atoms with Gasteiger partial charge in [0.25, 0.3) is 0 Å². The van der Waals surface area contributed by atoms with Crippen LogP contribution in [0.1, 0.15) is 5.56 Å². The van der Waals surface area contributed by atoms with Gasteiger partial charge in [0.2, 0.25) is 6.79 Å². The number of benzene rings is 2. The molecule has 6 nitrogen and oxygen atoms in total. The van der Waals surface area contributed by atoms with Crippen LogP contribution in [0.4, 0.5) is 6.01 Å². The number of anilines is 1. The topological polar surface area (TPSA) is 68.9 Å². The lowest BCUT2D eigenvalue weighted by molar-refractivity contribution is 0.174. The van der Waals surface area contributed by atoms with Crippen LogP contribution in [0.15, 0.2) is 52.0 Å². The fraction of sp³-hybridized carbons (Fsp3) is 0.0667. The number of hydrogen-bond donors (Lipinski definition) is 1. The standard InChI is InChI=1S/C15H11N3O3/c1-2-4-12-11(3-1)17-15(21-12)18-16-8-10-5-6-13-14(7-10)20-9-19-13/h1-8H,9H2,(H,17,18)/b16-8-. The number of ether oxygens (including phenoxy) is 2. The highest BCUT2D eigenvalue weighted by atomic mass is 16.7. The van der Waals surface area contributed by atoms with Crippen molar-refractivity contribution in [3.8, 4) is 11.5 Å². The monoisotopic (exact) mass is 281 g/mol. The molecule has 0 radical (unpaired) electrons. The van der Waals surface area contributed by atoms with Crippen LogP contribution >= 0.6 is 0 Å². The predicted octanol–water partition coefficient (Wildman–Crippen LogP) is 3.00. The zero-order chi connectivity index (χ0) is 14.1. The van der Waals surface area contributed by atoms with E-state index < -0.39 is 0 Å². The largest absolute Gasteiger partial charge is 0.454 e. The van der Waals surface area contributed by atoms with Crippen LogP contribution in [0.25, 0.3) is 11.1 Å². The zero-order valence-corrected chi connectivity index (χ0v) is 10.9. The predicted molar refractivity (Wildman–Crippen MR) is 77.8 cm³/mol. The van der Waals surface area contributed by atoms with Gasteiger partial charge >= 0.3 is 6.01 Å². The number of nitrogens with one attached hydrogen (secondary N) is 1. The summed E-state index contributed by atoms with van der Waals surface area (Å²) in [5.41, 5.74) is 5.17. The highest BCUT2D eigenvalue weighted by Gasteiger charge is 2.12. The van der Waals surface area contributed by atoms with Crippen molar-refractivity contribution in [3.63, 3.8) is 0 Å². The Labute approximate surface area is 120 Å². The molecule has 0 amide bonds. The summed E-state index contributed by atoms with van der Waals surface area (Å²) in [5.74, 6) is 1.47. The zero-order valence-electron chi connectivity index (χ0n) is 10.9. The Kier molecular flexibility index (Phi) is 2.71. The molecule has 1 aliphatic heterocycles. The van der Waals surface area contributed by atoms with Crippen molar-refractivity contribution in [1.82, 2.24) is 4.98 Å². The van der Waals surface area contributed by atoms with E-state index in [9.17, 15) is 0 Å². The van der Waals surface area contributed by atoms with E-state index in [1.165, 1.54) is 0 Å². The van der Waals surface area contributed by atoms with E-state index in [4.69, 9.17) is 13.9 Å². The fourth-order valence-electron chi connectivity index (χ4n) is 2.08. The van der Waals surface area contributed by atoms with Gasteiger partial charge in [0.1, 0.15) is 5.52 Å². The highest BCUT2D eigenvalue weighted by molar-refractivity contribution is 5.81. The molecule has 1 aromatic heterocycles. The third-order valence-corrected chi connectivity index (χ3v) is 3.06. The van der Waals surface area contributed by atoms with Crippen LogP contribution in [-0.4, -0.2) is 18.0 Å². The molecule has 0 atom stereocenters. The van der Waals surface area contributed by atoms with E-state index >= 15 is 0 Å². The lowest BCUT2D eigenvalue weighted by atomic mass is 10.2. The molecular weight excluding hydrogens is 270 g/mol. The van der Waals surface area contributed by atoms with Gasteiger partial charge in [-0.25, -0.2) is 5.43 Å². The van der Waals surface area contributed by atoms with Crippen molar-refractivity contribution < 1.29 is 13.9 Å². The molecule has 2 heterocycles. The molecule has 104 valence electrons. The third kappa shape index (κ3) is 2.27. The summed E-state index contributed by atoms with van der Waals surface area (Å²) in [4.78, 5) is 4.27. The molecule has 0 bridgehead atoms. The van der Waals surface area contributed by atoms with Gasteiger partial charge < -0.3 is 13.9 Å². The van der Waals surface area contributed by atoms with Gasteiger partial charge in [-0.15, -0.1) is 0 Å². The number of fused-ring (bicyclic) bond motifs is 2. The molecule has 2 aromatic carbocycles. The van der Waals surface area contributed by atoms with Gasteiger partial charge in [0, 0.05) is 0 Å². The third-order valence-electron chi connectivity index (χ3n) is 3.06. The van der Waals surface area contributed by atoms with Gasteiger partial charge in [-0.1, -0.05) is 12.1 Å². The molecule has 0 saturated heterocycles. The molecule has 6 heteroatoms. The maximum Gasteiger partial charge on any atom is 0.316 e. The van der Waals surface area contributed by atoms with Crippen LogP contribution in [0, 0.1) is 0 Å². The molecule has 1 N–H and O–H groups in total.